The van der Waals surface area contributed by atoms with Crippen molar-refractivity contribution in [2.75, 3.05) is 0 Å². The fraction of sp³-hybridized carbons (Fsp3) is 0.0833. The Morgan fingerprint density at radius 2 is 1.61 bits per heavy atom. The molecule has 0 saturated heterocycles. The molecule has 7 nitrogen and oxygen atoms in total. The Bertz CT molecular complexity index is 1410. The van der Waals surface area contributed by atoms with Crippen LogP contribution in [-0.2, 0) is 23.1 Å². The zero-order valence-corrected chi connectivity index (χ0v) is 19.2. The van der Waals surface area contributed by atoms with E-state index >= 15 is 0 Å². The van der Waals surface area contributed by atoms with Crippen molar-refractivity contribution in [1.82, 2.24) is 9.29 Å². The maximum Gasteiger partial charge on any atom is 0.243 e. The molecule has 3 aromatic carbocycles. The number of benzene rings is 3. The molecule has 0 amide bonds. The Kier molecular flexibility index (Phi) is 6.60. The first-order valence-corrected chi connectivity index (χ1v) is 11.9. The zero-order chi connectivity index (χ0) is 23.4. The van der Waals surface area contributed by atoms with Crippen molar-refractivity contribution < 1.29 is 8.42 Å². The highest BCUT2D eigenvalue weighted by Crippen LogP contribution is 2.23. The minimum absolute atomic E-state index is 0.101. The van der Waals surface area contributed by atoms with Crippen LogP contribution < -0.4 is 11.6 Å². The molecule has 0 spiro atoms. The molecule has 9 heteroatoms. The number of para-hydroxylation sites is 1. The maximum atomic E-state index is 13.5. The number of hydrogen-bond acceptors (Lipinski definition) is 5. The number of pyridine rings is 1. The number of rotatable bonds is 7. The molecule has 0 aliphatic carbocycles. The minimum Gasteiger partial charge on any atom is -0.382 e. The molecule has 168 valence electrons. The second-order valence-corrected chi connectivity index (χ2v) is 9.81. The highest BCUT2D eigenvalue weighted by molar-refractivity contribution is 7.89. The largest absolute Gasteiger partial charge is 0.382 e. The molecule has 0 aliphatic rings. The number of aromatic nitrogens is 1. The van der Waals surface area contributed by atoms with Crippen LogP contribution in [0.25, 0.3) is 10.9 Å². The van der Waals surface area contributed by atoms with E-state index in [0.717, 1.165) is 16.5 Å². The van der Waals surface area contributed by atoms with Crippen LogP contribution in [0.2, 0.25) is 5.02 Å². The number of nitrogens with two attached hydrogens (primary N) is 2. The molecule has 0 radical (unpaired) electrons. The number of nitrogens with zero attached hydrogens (tertiary/aromatic N) is 3. The van der Waals surface area contributed by atoms with Gasteiger partial charge in [-0.2, -0.15) is 9.41 Å². The van der Waals surface area contributed by atoms with Crippen LogP contribution in [0.5, 0.6) is 0 Å². The van der Waals surface area contributed by atoms with Crippen LogP contribution in [0.1, 0.15) is 16.8 Å². The summed E-state index contributed by atoms with van der Waals surface area (Å²) in [5.41, 5.74) is 8.63. The molecule has 1 aromatic heterocycles. The molecule has 4 N–H and O–H groups in total. The van der Waals surface area contributed by atoms with E-state index in [9.17, 15) is 8.42 Å². The van der Waals surface area contributed by atoms with Gasteiger partial charge >= 0.3 is 0 Å². The van der Waals surface area contributed by atoms with Gasteiger partial charge in [-0.05, 0) is 42.0 Å². The lowest BCUT2D eigenvalue weighted by atomic mass is 10.1. The van der Waals surface area contributed by atoms with Crippen molar-refractivity contribution in [2.24, 2.45) is 16.7 Å². The fourth-order valence-electron chi connectivity index (χ4n) is 3.42. The third kappa shape index (κ3) is 5.14. The standard InChI is InChI=1S/C24H22ClN5O2S/c25-20-10-13-22(14-11-20)33(31,32)30(15-17-5-7-19(8-6-17)24(26)29-27)16-21-12-9-18-3-1-2-4-23(18)28-21/h1-14H,15-16,27H2,(H2,26,29). The average molecular weight is 480 g/mol. The van der Waals surface area contributed by atoms with Crippen LogP contribution in [-0.4, -0.2) is 23.5 Å². The second-order valence-electron chi connectivity index (χ2n) is 7.43. The number of sulfonamides is 1. The molecule has 0 fully saturated rings. The lowest BCUT2D eigenvalue weighted by molar-refractivity contribution is 0.397. The topological polar surface area (TPSA) is 115 Å². The molecule has 1 heterocycles. The Hall–Kier alpha value is -3.46. The van der Waals surface area contributed by atoms with Crippen LogP contribution in [0, 0.1) is 0 Å². The SMILES string of the molecule is N/N=C(\N)c1ccc(CN(Cc2ccc3ccccc3n2)S(=O)(=O)c2ccc(Cl)cc2)cc1. The summed E-state index contributed by atoms with van der Waals surface area (Å²) in [6, 6.07) is 24.7. The second kappa shape index (κ2) is 9.58. The lowest BCUT2D eigenvalue weighted by Gasteiger charge is -2.22. The molecule has 0 atom stereocenters. The zero-order valence-electron chi connectivity index (χ0n) is 17.6. The van der Waals surface area contributed by atoms with Gasteiger partial charge in [-0.1, -0.05) is 60.1 Å². The van der Waals surface area contributed by atoms with E-state index in [1.54, 1.807) is 36.4 Å². The van der Waals surface area contributed by atoms with Crippen molar-refractivity contribution in [3.63, 3.8) is 0 Å². The number of amidine groups is 1. The van der Waals surface area contributed by atoms with Gasteiger partial charge < -0.3 is 11.6 Å². The summed E-state index contributed by atoms with van der Waals surface area (Å²) >= 11 is 5.96. The molecule has 33 heavy (non-hydrogen) atoms. The lowest BCUT2D eigenvalue weighted by Crippen LogP contribution is -2.30. The summed E-state index contributed by atoms with van der Waals surface area (Å²) in [6.45, 7) is 0.239. The summed E-state index contributed by atoms with van der Waals surface area (Å²) in [6.07, 6.45) is 0. The first kappa shape index (κ1) is 22.7. The third-order valence-corrected chi connectivity index (χ3v) is 7.25. The van der Waals surface area contributed by atoms with Gasteiger partial charge in [0.15, 0.2) is 0 Å². The van der Waals surface area contributed by atoms with Crippen LogP contribution in [0.4, 0.5) is 0 Å². The number of hydrogen-bond donors (Lipinski definition) is 2. The Balaban J connectivity index is 1.70. The van der Waals surface area contributed by atoms with E-state index in [-0.39, 0.29) is 23.8 Å². The fourth-order valence-corrected chi connectivity index (χ4v) is 4.94. The van der Waals surface area contributed by atoms with E-state index in [4.69, 9.17) is 23.2 Å². The van der Waals surface area contributed by atoms with Crippen molar-refractivity contribution >= 4 is 38.4 Å². The van der Waals surface area contributed by atoms with Crippen molar-refractivity contribution in [3.8, 4) is 0 Å². The summed E-state index contributed by atoms with van der Waals surface area (Å²) in [7, 11) is -3.83. The van der Waals surface area contributed by atoms with Crippen LogP contribution in [0.15, 0.2) is 94.9 Å². The monoisotopic (exact) mass is 479 g/mol. The first-order chi connectivity index (χ1) is 15.9. The molecule has 0 aliphatic heterocycles. The third-order valence-electron chi connectivity index (χ3n) is 5.19. The summed E-state index contributed by atoms with van der Waals surface area (Å²) in [5, 5.41) is 4.94. The molecule has 0 saturated carbocycles. The normalized spacial score (nSPS) is 12.4. The van der Waals surface area contributed by atoms with Crippen molar-refractivity contribution in [2.45, 2.75) is 18.0 Å². The van der Waals surface area contributed by atoms with E-state index in [0.29, 0.717) is 16.3 Å². The van der Waals surface area contributed by atoms with Gasteiger partial charge in [-0.3, -0.25) is 4.98 Å². The highest BCUT2D eigenvalue weighted by Gasteiger charge is 2.25. The molecule has 0 bridgehead atoms. The van der Waals surface area contributed by atoms with E-state index < -0.39 is 10.0 Å². The maximum absolute atomic E-state index is 13.5. The molecular formula is C24H22ClN5O2S. The average Bonchev–Trinajstić information content (AvgIpc) is 2.84. The Morgan fingerprint density at radius 1 is 0.909 bits per heavy atom. The Morgan fingerprint density at radius 3 is 2.30 bits per heavy atom. The highest BCUT2D eigenvalue weighted by atomic mass is 35.5. The van der Waals surface area contributed by atoms with Gasteiger partial charge in [-0.25, -0.2) is 8.42 Å². The predicted octanol–water partition coefficient (Wildman–Crippen LogP) is 3.86. The minimum atomic E-state index is -3.83. The number of fused-ring (bicyclic) bond motifs is 1. The number of halogens is 1. The van der Waals surface area contributed by atoms with E-state index in [1.165, 1.54) is 16.4 Å². The van der Waals surface area contributed by atoms with E-state index in [1.807, 2.05) is 36.4 Å². The smallest absolute Gasteiger partial charge is 0.243 e. The van der Waals surface area contributed by atoms with E-state index in [2.05, 4.69) is 10.1 Å². The van der Waals surface area contributed by atoms with Crippen LogP contribution in [0.3, 0.4) is 0 Å². The quantitative estimate of drug-likeness (QED) is 0.181. The molecular weight excluding hydrogens is 458 g/mol. The van der Waals surface area contributed by atoms with Gasteiger partial charge in [0, 0.05) is 22.5 Å². The number of hydrazone groups is 1. The predicted molar refractivity (Wildman–Crippen MR) is 131 cm³/mol. The van der Waals surface area contributed by atoms with Crippen molar-refractivity contribution in [3.05, 3.63) is 107 Å². The van der Waals surface area contributed by atoms with Gasteiger partial charge in [-0.15, -0.1) is 0 Å². The summed E-state index contributed by atoms with van der Waals surface area (Å²) < 4.78 is 28.5. The molecule has 0 unspecified atom stereocenters. The van der Waals surface area contributed by atoms with Gasteiger partial charge in [0.25, 0.3) is 0 Å². The molecule has 4 aromatic rings. The van der Waals surface area contributed by atoms with Gasteiger partial charge in [0.1, 0.15) is 5.84 Å². The van der Waals surface area contributed by atoms with Gasteiger partial charge in [0.05, 0.1) is 22.7 Å². The Labute approximate surface area is 197 Å². The summed E-state index contributed by atoms with van der Waals surface area (Å²) in [5.74, 6) is 5.44. The summed E-state index contributed by atoms with van der Waals surface area (Å²) in [4.78, 5) is 4.81. The van der Waals surface area contributed by atoms with Crippen LogP contribution >= 0.6 is 11.6 Å². The first-order valence-electron chi connectivity index (χ1n) is 10.1. The molecule has 4 rings (SSSR count). The van der Waals surface area contributed by atoms with Crippen molar-refractivity contribution in [1.29, 1.82) is 0 Å². The van der Waals surface area contributed by atoms with Gasteiger partial charge in [0.2, 0.25) is 10.0 Å².